The molecule has 1 N–H and O–H groups in total. The van der Waals surface area contributed by atoms with Crippen molar-refractivity contribution in [3.05, 3.63) is 17.5 Å². The third-order valence-corrected chi connectivity index (χ3v) is 3.24. The molecule has 19 heavy (non-hydrogen) atoms. The Morgan fingerprint density at radius 1 is 1.37 bits per heavy atom. The summed E-state index contributed by atoms with van der Waals surface area (Å²) in [6.45, 7) is 12.1. The van der Waals surface area contributed by atoms with E-state index >= 15 is 0 Å². The van der Waals surface area contributed by atoms with Gasteiger partial charge in [0.2, 0.25) is 0 Å². The van der Waals surface area contributed by atoms with Gasteiger partial charge in [-0.2, -0.15) is 5.10 Å². The van der Waals surface area contributed by atoms with Crippen LogP contribution in [0.5, 0.6) is 0 Å². The number of nitrogens with one attached hydrogen (secondary N) is 1. The largest absolute Gasteiger partial charge is 0.382 e. The quantitative estimate of drug-likeness (QED) is 0.662. The van der Waals surface area contributed by atoms with E-state index in [2.05, 4.69) is 41.9 Å². The molecule has 1 heterocycles. The van der Waals surface area contributed by atoms with E-state index in [1.165, 1.54) is 5.69 Å². The van der Waals surface area contributed by atoms with Crippen LogP contribution >= 0.6 is 0 Å². The number of nitrogens with zero attached hydrogens (tertiary/aromatic N) is 2. The van der Waals surface area contributed by atoms with E-state index in [-0.39, 0.29) is 0 Å². The lowest BCUT2D eigenvalue weighted by Gasteiger charge is -2.19. The molecule has 0 spiro atoms. The molecule has 0 aliphatic rings. The molecular formula is C15H29N3O. The normalized spacial score (nSPS) is 12.8. The molecule has 110 valence electrons. The zero-order valence-electron chi connectivity index (χ0n) is 12.9. The van der Waals surface area contributed by atoms with Gasteiger partial charge in [-0.05, 0) is 46.2 Å². The molecule has 0 amide bonds. The first-order chi connectivity index (χ1) is 9.21. The number of rotatable bonds is 10. The highest BCUT2D eigenvalue weighted by molar-refractivity contribution is 5.10. The van der Waals surface area contributed by atoms with Crippen molar-refractivity contribution in [3.63, 3.8) is 0 Å². The maximum absolute atomic E-state index is 5.48. The fourth-order valence-corrected chi connectivity index (χ4v) is 2.28. The number of aryl methyl sites for hydroxylation is 2. The summed E-state index contributed by atoms with van der Waals surface area (Å²) in [7, 11) is 0. The van der Waals surface area contributed by atoms with Crippen molar-refractivity contribution in [2.75, 3.05) is 19.8 Å². The van der Waals surface area contributed by atoms with Gasteiger partial charge in [-0.25, -0.2) is 0 Å². The van der Waals surface area contributed by atoms with Gasteiger partial charge in [-0.15, -0.1) is 0 Å². The Morgan fingerprint density at radius 2 is 2.16 bits per heavy atom. The molecule has 1 aromatic rings. The lowest BCUT2D eigenvalue weighted by Crippen LogP contribution is -2.33. The van der Waals surface area contributed by atoms with E-state index in [4.69, 9.17) is 4.74 Å². The van der Waals surface area contributed by atoms with Gasteiger partial charge in [0.05, 0.1) is 5.69 Å². The maximum Gasteiger partial charge on any atom is 0.0596 e. The topological polar surface area (TPSA) is 39.1 Å². The molecule has 0 fully saturated rings. The van der Waals surface area contributed by atoms with Crippen LogP contribution < -0.4 is 5.32 Å². The molecule has 0 aromatic carbocycles. The predicted octanol–water partition coefficient (Wildman–Crippen LogP) is 2.55. The molecule has 0 saturated heterocycles. The summed E-state index contributed by atoms with van der Waals surface area (Å²) >= 11 is 0. The van der Waals surface area contributed by atoms with Gasteiger partial charge in [0, 0.05) is 37.9 Å². The average Bonchev–Trinajstić information content (AvgIpc) is 2.76. The summed E-state index contributed by atoms with van der Waals surface area (Å²) in [6.07, 6.45) is 3.25. The van der Waals surface area contributed by atoms with E-state index in [9.17, 15) is 0 Å². The summed E-state index contributed by atoms with van der Waals surface area (Å²) in [6, 6.07) is 2.68. The van der Waals surface area contributed by atoms with Gasteiger partial charge in [-0.3, -0.25) is 4.68 Å². The minimum atomic E-state index is 0.480. The lowest BCUT2D eigenvalue weighted by molar-refractivity contribution is 0.136. The van der Waals surface area contributed by atoms with Gasteiger partial charge in [0.15, 0.2) is 0 Å². The van der Waals surface area contributed by atoms with Crippen molar-refractivity contribution >= 4 is 0 Å². The van der Waals surface area contributed by atoms with E-state index in [1.54, 1.807) is 0 Å². The highest BCUT2D eigenvalue weighted by Crippen LogP contribution is 2.09. The molecule has 0 aliphatic heterocycles. The minimum absolute atomic E-state index is 0.480. The SMILES string of the molecule is CCCNC(CCOCC)Cc1cc(C)nn1CC. The van der Waals surface area contributed by atoms with Crippen molar-refractivity contribution in [2.45, 2.75) is 59.5 Å². The second-order valence-electron chi connectivity index (χ2n) is 4.93. The number of ether oxygens (including phenoxy) is 1. The monoisotopic (exact) mass is 267 g/mol. The van der Waals surface area contributed by atoms with Gasteiger partial charge < -0.3 is 10.1 Å². The van der Waals surface area contributed by atoms with Crippen molar-refractivity contribution in [1.29, 1.82) is 0 Å². The Hall–Kier alpha value is -0.870. The third-order valence-electron chi connectivity index (χ3n) is 3.24. The summed E-state index contributed by atoms with van der Waals surface area (Å²) in [4.78, 5) is 0. The molecule has 4 nitrogen and oxygen atoms in total. The molecular weight excluding hydrogens is 238 g/mol. The fraction of sp³-hybridized carbons (Fsp3) is 0.800. The molecule has 0 radical (unpaired) electrons. The predicted molar refractivity (Wildman–Crippen MR) is 79.5 cm³/mol. The standard InChI is InChI=1S/C15H29N3O/c1-5-9-16-14(8-10-19-7-3)12-15-11-13(4)17-18(15)6-2/h11,14,16H,5-10,12H2,1-4H3. The molecule has 0 saturated carbocycles. The summed E-state index contributed by atoms with van der Waals surface area (Å²) in [5.74, 6) is 0. The van der Waals surface area contributed by atoms with E-state index < -0.39 is 0 Å². The minimum Gasteiger partial charge on any atom is -0.382 e. The highest BCUT2D eigenvalue weighted by Gasteiger charge is 2.12. The molecule has 1 aromatic heterocycles. The van der Waals surface area contributed by atoms with Crippen LogP contribution in [-0.4, -0.2) is 35.6 Å². The van der Waals surface area contributed by atoms with Crippen LogP contribution in [0.1, 0.15) is 45.0 Å². The van der Waals surface area contributed by atoms with Crippen molar-refractivity contribution in [3.8, 4) is 0 Å². The Bertz CT molecular complexity index is 349. The van der Waals surface area contributed by atoms with Crippen LogP contribution in [0, 0.1) is 6.92 Å². The summed E-state index contributed by atoms with van der Waals surface area (Å²) in [5, 5.41) is 8.13. The van der Waals surface area contributed by atoms with E-state index in [0.717, 1.165) is 51.3 Å². The maximum atomic E-state index is 5.48. The van der Waals surface area contributed by atoms with Crippen molar-refractivity contribution in [1.82, 2.24) is 15.1 Å². The van der Waals surface area contributed by atoms with Crippen LogP contribution in [0.25, 0.3) is 0 Å². The van der Waals surface area contributed by atoms with Crippen LogP contribution in [0.3, 0.4) is 0 Å². The molecule has 0 aliphatic carbocycles. The summed E-state index contributed by atoms with van der Waals surface area (Å²) in [5.41, 5.74) is 2.43. The number of hydrogen-bond donors (Lipinski definition) is 1. The molecule has 1 rings (SSSR count). The zero-order chi connectivity index (χ0) is 14.1. The first-order valence-electron chi connectivity index (χ1n) is 7.55. The average molecular weight is 267 g/mol. The molecule has 1 unspecified atom stereocenters. The summed E-state index contributed by atoms with van der Waals surface area (Å²) < 4.78 is 7.59. The molecule has 4 heteroatoms. The van der Waals surface area contributed by atoms with E-state index in [0.29, 0.717) is 6.04 Å². The Labute approximate surface area is 117 Å². The van der Waals surface area contributed by atoms with E-state index in [1.807, 2.05) is 6.92 Å². The Morgan fingerprint density at radius 3 is 2.79 bits per heavy atom. The van der Waals surface area contributed by atoms with Gasteiger partial charge >= 0.3 is 0 Å². The third kappa shape index (κ3) is 5.74. The van der Waals surface area contributed by atoms with Gasteiger partial charge in [-0.1, -0.05) is 6.92 Å². The Kier molecular flexibility index (Phi) is 7.75. The molecule has 0 bridgehead atoms. The number of aromatic nitrogens is 2. The van der Waals surface area contributed by atoms with Gasteiger partial charge in [0.25, 0.3) is 0 Å². The highest BCUT2D eigenvalue weighted by atomic mass is 16.5. The fourth-order valence-electron chi connectivity index (χ4n) is 2.28. The first-order valence-corrected chi connectivity index (χ1v) is 7.55. The van der Waals surface area contributed by atoms with Gasteiger partial charge in [0.1, 0.15) is 0 Å². The van der Waals surface area contributed by atoms with Crippen molar-refractivity contribution in [2.24, 2.45) is 0 Å². The second kappa shape index (κ2) is 9.10. The lowest BCUT2D eigenvalue weighted by atomic mass is 10.1. The number of hydrogen-bond acceptors (Lipinski definition) is 3. The zero-order valence-corrected chi connectivity index (χ0v) is 12.9. The van der Waals surface area contributed by atoms with Crippen molar-refractivity contribution < 1.29 is 4.74 Å². The first kappa shape index (κ1) is 16.2. The Balaban J connectivity index is 2.58. The molecule has 1 atom stereocenters. The van der Waals surface area contributed by atoms with Crippen LogP contribution in [0.2, 0.25) is 0 Å². The van der Waals surface area contributed by atoms with Crippen LogP contribution in [0.4, 0.5) is 0 Å². The van der Waals surface area contributed by atoms with Crippen LogP contribution in [0.15, 0.2) is 6.07 Å². The smallest absolute Gasteiger partial charge is 0.0596 e. The second-order valence-corrected chi connectivity index (χ2v) is 4.93. The van der Waals surface area contributed by atoms with Crippen LogP contribution in [-0.2, 0) is 17.7 Å².